The van der Waals surface area contributed by atoms with Crippen molar-refractivity contribution in [3.8, 4) is 0 Å². The lowest BCUT2D eigenvalue weighted by Crippen LogP contribution is -2.22. The summed E-state index contributed by atoms with van der Waals surface area (Å²) in [5.41, 5.74) is 3.96. The van der Waals surface area contributed by atoms with Crippen LogP contribution in [0.4, 0.5) is 0 Å². The maximum Gasteiger partial charge on any atom is 0.0832 e. The van der Waals surface area contributed by atoms with E-state index in [9.17, 15) is 0 Å². The van der Waals surface area contributed by atoms with Crippen molar-refractivity contribution < 1.29 is 0 Å². The van der Waals surface area contributed by atoms with Gasteiger partial charge < -0.3 is 0 Å². The van der Waals surface area contributed by atoms with Gasteiger partial charge >= 0.3 is 0 Å². The number of fused-ring (bicyclic) bond motifs is 2. The molecule has 2 heterocycles. The third-order valence-corrected chi connectivity index (χ3v) is 3.46. The second-order valence-corrected chi connectivity index (χ2v) is 4.21. The molecule has 2 atom stereocenters. The lowest BCUT2D eigenvalue weighted by atomic mass is 9.88. The molecule has 2 aliphatic heterocycles. The summed E-state index contributed by atoms with van der Waals surface area (Å²) in [6.45, 7) is 2.10. The summed E-state index contributed by atoms with van der Waals surface area (Å²) in [5.74, 6) is 0.737. The molecule has 1 aliphatic carbocycles. The summed E-state index contributed by atoms with van der Waals surface area (Å²) in [4.78, 5) is 9.15. The van der Waals surface area contributed by atoms with E-state index in [1.165, 1.54) is 30.7 Å². The summed E-state index contributed by atoms with van der Waals surface area (Å²) < 4.78 is 0. The standard InChI is InChI=1S/C11H14N2/c1-7-11-9(5-6-12-11)8-3-2-4-10(8)13-7/h6,8,10H,2-5H2,1H3. The molecule has 0 aromatic carbocycles. The van der Waals surface area contributed by atoms with Gasteiger partial charge in [0.2, 0.25) is 0 Å². The Kier molecular flexibility index (Phi) is 1.46. The highest BCUT2D eigenvalue weighted by Gasteiger charge is 2.36. The fraction of sp³-hybridized carbons (Fsp3) is 0.636. The second kappa shape index (κ2) is 2.53. The first-order valence-corrected chi connectivity index (χ1v) is 5.16. The molecule has 0 amide bonds. The molecule has 3 rings (SSSR count). The van der Waals surface area contributed by atoms with Crippen LogP contribution in [0.15, 0.2) is 21.3 Å². The average Bonchev–Trinajstić information content (AvgIpc) is 2.66. The Labute approximate surface area is 78.5 Å². The highest BCUT2D eigenvalue weighted by Crippen LogP contribution is 2.41. The number of dihydropyridines is 1. The molecule has 2 unspecified atom stereocenters. The van der Waals surface area contributed by atoms with Gasteiger partial charge in [0.1, 0.15) is 0 Å². The molecule has 0 N–H and O–H groups in total. The molecule has 0 aromatic rings. The molecule has 2 nitrogen and oxygen atoms in total. The van der Waals surface area contributed by atoms with E-state index >= 15 is 0 Å². The van der Waals surface area contributed by atoms with E-state index in [-0.39, 0.29) is 0 Å². The van der Waals surface area contributed by atoms with Gasteiger partial charge in [-0.25, -0.2) is 0 Å². The van der Waals surface area contributed by atoms with Crippen molar-refractivity contribution in [2.45, 2.75) is 38.6 Å². The normalized spacial score (nSPS) is 36.2. The zero-order chi connectivity index (χ0) is 8.84. The minimum atomic E-state index is 0.598. The maximum atomic E-state index is 4.73. The molecule has 0 bridgehead atoms. The second-order valence-electron chi connectivity index (χ2n) is 4.21. The van der Waals surface area contributed by atoms with E-state index in [0.29, 0.717) is 6.04 Å². The third kappa shape index (κ3) is 0.946. The molecule has 0 aromatic heterocycles. The van der Waals surface area contributed by atoms with Crippen molar-refractivity contribution in [3.63, 3.8) is 0 Å². The lowest BCUT2D eigenvalue weighted by molar-refractivity contribution is 0.540. The SMILES string of the molecule is CC1=NC2CCCC2C2=C1N=CC2. The molecule has 0 radical (unpaired) electrons. The van der Waals surface area contributed by atoms with Crippen LogP contribution < -0.4 is 0 Å². The maximum absolute atomic E-state index is 4.73. The number of rotatable bonds is 0. The van der Waals surface area contributed by atoms with Crippen LogP contribution in [0.3, 0.4) is 0 Å². The minimum absolute atomic E-state index is 0.598. The Morgan fingerprint density at radius 2 is 2.31 bits per heavy atom. The van der Waals surface area contributed by atoms with Gasteiger partial charge in [-0.2, -0.15) is 0 Å². The number of aliphatic imine (C=N–C) groups is 2. The van der Waals surface area contributed by atoms with Crippen molar-refractivity contribution in [1.82, 2.24) is 0 Å². The van der Waals surface area contributed by atoms with Gasteiger partial charge in [0.25, 0.3) is 0 Å². The Hall–Kier alpha value is -0.920. The summed E-state index contributed by atoms with van der Waals surface area (Å²) in [7, 11) is 0. The number of hydrogen-bond acceptors (Lipinski definition) is 2. The molecular formula is C11H14N2. The molecule has 2 heteroatoms. The van der Waals surface area contributed by atoms with Crippen LogP contribution >= 0.6 is 0 Å². The highest BCUT2D eigenvalue weighted by molar-refractivity contribution is 6.02. The summed E-state index contributed by atoms with van der Waals surface area (Å²) in [5, 5.41) is 0. The molecular weight excluding hydrogens is 160 g/mol. The number of allylic oxidation sites excluding steroid dienone is 1. The Morgan fingerprint density at radius 1 is 1.38 bits per heavy atom. The quantitative estimate of drug-likeness (QED) is 0.538. The zero-order valence-electron chi connectivity index (χ0n) is 7.95. The van der Waals surface area contributed by atoms with Crippen molar-refractivity contribution in [2.24, 2.45) is 15.9 Å². The van der Waals surface area contributed by atoms with Crippen LogP contribution in [0.25, 0.3) is 0 Å². The largest absolute Gasteiger partial charge is 0.284 e. The average molecular weight is 174 g/mol. The van der Waals surface area contributed by atoms with Crippen LogP contribution in [-0.2, 0) is 0 Å². The monoisotopic (exact) mass is 174 g/mol. The highest BCUT2D eigenvalue weighted by atomic mass is 14.9. The van der Waals surface area contributed by atoms with Gasteiger partial charge in [-0.05, 0) is 25.3 Å². The third-order valence-electron chi connectivity index (χ3n) is 3.46. The van der Waals surface area contributed by atoms with Crippen LogP contribution in [0, 0.1) is 5.92 Å². The van der Waals surface area contributed by atoms with E-state index in [4.69, 9.17) is 4.99 Å². The van der Waals surface area contributed by atoms with E-state index in [0.717, 1.165) is 12.3 Å². The summed E-state index contributed by atoms with van der Waals surface area (Å²) >= 11 is 0. The summed E-state index contributed by atoms with van der Waals surface area (Å²) in [6, 6.07) is 0.598. The Bertz CT molecular complexity index is 336. The molecule has 1 saturated carbocycles. The van der Waals surface area contributed by atoms with Gasteiger partial charge in [0, 0.05) is 18.6 Å². The van der Waals surface area contributed by atoms with Crippen molar-refractivity contribution in [2.75, 3.05) is 0 Å². The van der Waals surface area contributed by atoms with E-state index < -0.39 is 0 Å². The van der Waals surface area contributed by atoms with Crippen LogP contribution in [0.5, 0.6) is 0 Å². The van der Waals surface area contributed by atoms with Crippen molar-refractivity contribution in [3.05, 3.63) is 11.3 Å². The molecule has 13 heavy (non-hydrogen) atoms. The van der Waals surface area contributed by atoms with Gasteiger partial charge in [0.15, 0.2) is 0 Å². The summed E-state index contributed by atoms with van der Waals surface area (Å²) in [6.07, 6.45) is 7.11. The van der Waals surface area contributed by atoms with E-state index in [1.54, 1.807) is 5.57 Å². The van der Waals surface area contributed by atoms with Gasteiger partial charge in [0.05, 0.1) is 17.5 Å². The predicted molar refractivity (Wildman–Crippen MR) is 54.4 cm³/mol. The van der Waals surface area contributed by atoms with Crippen molar-refractivity contribution in [1.29, 1.82) is 0 Å². The van der Waals surface area contributed by atoms with Gasteiger partial charge in [-0.15, -0.1) is 0 Å². The lowest BCUT2D eigenvalue weighted by Gasteiger charge is -2.24. The smallest absolute Gasteiger partial charge is 0.0832 e. The fourth-order valence-corrected chi connectivity index (χ4v) is 2.88. The molecule has 1 fully saturated rings. The van der Waals surface area contributed by atoms with Gasteiger partial charge in [-0.1, -0.05) is 6.42 Å². The van der Waals surface area contributed by atoms with Gasteiger partial charge in [-0.3, -0.25) is 9.98 Å². The number of nitrogens with zero attached hydrogens (tertiary/aromatic N) is 2. The predicted octanol–water partition coefficient (Wildman–Crippen LogP) is 2.36. The first-order valence-electron chi connectivity index (χ1n) is 5.16. The zero-order valence-corrected chi connectivity index (χ0v) is 7.95. The Morgan fingerprint density at radius 3 is 3.23 bits per heavy atom. The first kappa shape index (κ1) is 7.48. The number of hydrogen-bond donors (Lipinski definition) is 0. The topological polar surface area (TPSA) is 24.7 Å². The molecule has 0 saturated heterocycles. The van der Waals surface area contributed by atoms with E-state index in [2.05, 4.69) is 11.9 Å². The first-order chi connectivity index (χ1) is 6.36. The molecule has 0 spiro atoms. The van der Waals surface area contributed by atoms with E-state index in [1.807, 2.05) is 6.21 Å². The van der Waals surface area contributed by atoms with Crippen LogP contribution in [-0.4, -0.2) is 18.0 Å². The van der Waals surface area contributed by atoms with Crippen LogP contribution in [0.1, 0.15) is 32.6 Å². The molecule has 3 aliphatic rings. The van der Waals surface area contributed by atoms with Crippen molar-refractivity contribution >= 4 is 11.9 Å². The molecule has 68 valence electrons. The Balaban J connectivity index is 2.06. The fourth-order valence-electron chi connectivity index (χ4n) is 2.88. The van der Waals surface area contributed by atoms with Crippen LogP contribution in [0.2, 0.25) is 0 Å². The minimum Gasteiger partial charge on any atom is -0.284 e.